The van der Waals surface area contributed by atoms with Crippen molar-refractivity contribution in [2.45, 2.75) is 52.6 Å². The van der Waals surface area contributed by atoms with Crippen molar-refractivity contribution in [1.82, 2.24) is 0 Å². The zero-order chi connectivity index (χ0) is 10.6. The Balaban J connectivity index is 2.48. The van der Waals surface area contributed by atoms with Crippen molar-refractivity contribution in [3.63, 3.8) is 0 Å². The molecule has 0 aliphatic heterocycles. The van der Waals surface area contributed by atoms with Gasteiger partial charge < -0.3 is 5.11 Å². The van der Waals surface area contributed by atoms with E-state index in [1.807, 2.05) is 6.08 Å². The van der Waals surface area contributed by atoms with Crippen molar-refractivity contribution < 1.29 is 5.11 Å². The molecule has 0 aromatic heterocycles. The van der Waals surface area contributed by atoms with Crippen LogP contribution in [-0.2, 0) is 0 Å². The van der Waals surface area contributed by atoms with E-state index >= 15 is 0 Å². The summed E-state index contributed by atoms with van der Waals surface area (Å²) in [7, 11) is 0. The number of aliphatic hydroxyl groups excluding tert-OH is 1. The van der Waals surface area contributed by atoms with E-state index in [4.69, 9.17) is 0 Å². The van der Waals surface area contributed by atoms with Gasteiger partial charge in [0.25, 0.3) is 0 Å². The second kappa shape index (κ2) is 4.66. The fourth-order valence-electron chi connectivity index (χ4n) is 1.55. The van der Waals surface area contributed by atoms with Gasteiger partial charge in [-0.05, 0) is 40.0 Å². The Labute approximate surface area is 87.2 Å². The van der Waals surface area contributed by atoms with Crippen molar-refractivity contribution in [1.29, 1.82) is 0 Å². The predicted octanol–water partition coefficient (Wildman–Crippen LogP) is 2.90. The van der Waals surface area contributed by atoms with Crippen LogP contribution in [0.4, 0.5) is 0 Å². The van der Waals surface area contributed by atoms with E-state index in [0.29, 0.717) is 0 Å². The highest BCUT2D eigenvalue weighted by Gasteiger charge is 2.09. The number of rotatable bonds is 1. The van der Waals surface area contributed by atoms with Gasteiger partial charge in [0.2, 0.25) is 0 Å². The molecule has 0 amide bonds. The van der Waals surface area contributed by atoms with Crippen molar-refractivity contribution >= 4 is 0 Å². The highest BCUT2D eigenvalue weighted by atomic mass is 16.3. The Hall–Kier alpha value is -0.740. The van der Waals surface area contributed by atoms with E-state index in [1.165, 1.54) is 5.57 Å². The van der Waals surface area contributed by atoms with E-state index in [9.17, 15) is 5.11 Å². The minimum Gasteiger partial charge on any atom is -0.389 e. The Bertz CT molecular complexity index is 270. The van der Waals surface area contributed by atoms with E-state index < -0.39 is 0 Å². The minimum absolute atomic E-state index is 0.0911. The molecule has 0 saturated heterocycles. The summed E-state index contributed by atoms with van der Waals surface area (Å²) in [5.41, 5.74) is 1.40. The molecule has 1 unspecified atom stereocenters. The second-order valence-corrected chi connectivity index (χ2v) is 5.01. The zero-order valence-corrected chi connectivity index (χ0v) is 9.43. The van der Waals surface area contributed by atoms with Gasteiger partial charge in [-0.3, -0.25) is 0 Å². The molecule has 1 N–H and O–H groups in total. The molecule has 0 aromatic carbocycles. The normalized spacial score (nSPS) is 22.3. The topological polar surface area (TPSA) is 20.2 Å². The quantitative estimate of drug-likeness (QED) is 0.500. The number of hydrogen-bond acceptors (Lipinski definition) is 1. The maximum Gasteiger partial charge on any atom is 0.0724 e. The van der Waals surface area contributed by atoms with E-state index in [2.05, 4.69) is 32.6 Å². The van der Waals surface area contributed by atoms with Crippen LogP contribution in [0.5, 0.6) is 0 Å². The summed E-state index contributed by atoms with van der Waals surface area (Å²) in [5, 5.41) is 9.41. The van der Waals surface area contributed by atoms with Crippen molar-refractivity contribution in [2.75, 3.05) is 0 Å². The highest BCUT2D eigenvalue weighted by molar-refractivity contribution is 5.18. The van der Waals surface area contributed by atoms with Crippen LogP contribution in [0, 0.1) is 17.3 Å². The monoisotopic (exact) mass is 192 g/mol. The molecule has 0 heterocycles. The molecule has 0 spiro atoms. The molecule has 0 radical (unpaired) electrons. The van der Waals surface area contributed by atoms with Gasteiger partial charge in [0, 0.05) is 11.8 Å². The van der Waals surface area contributed by atoms with E-state index in [-0.39, 0.29) is 11.5 Å². The van der Waals surface area contributed by atoms with Crippen LogP contribution in [0.2, 0.25) is 0 Å². The van der Waals surface area contributed by atoms with Gasteiger partial charge in [-0.15, -0.1) is 0 Å². The lowest BCUT2D eigenvalue weighted by atomic mass is 9.94. The smallest absolute Gasteiger partial charge is 0.0724 e. The van der Waals surface area contributed by atoms with Gasteiger partial charge in [-0.1, -0.05) is 23.5 Å². The summed E-state index contributed by atoms with van der Waals surface area (Å²) < 4.78 is 0. The summed E-state index contributed by atoms with van der Waals surface area (Å²) in [4.78, 5) is 0. The first-order valence-electron chi connectivity index (χ1n) is 5.35. The minimum atomic E-state index is -0.227. The van der Waals surface area contributed by atoms with Crippen LogP contribution in [0.25, 0.3) is 0 Å². The molecule has 0 bridgehead atoms. The highest BCUT2D eigenvalue weighted by Crippen LogP contribution is 2.20. The summed E-state index contributed by atoms with van der Waals surface area (Å²) in [5.74, 6) is 6.40. The van der Waals surface area contributed by atoms with Gasteiger partial charge in [0.15, 0.2) is 0 Å². The lowest BCUT2D eigenvalue weighted by Gasteiger charge is -2.15. The largest absolute Gasteiger partial charge is 0.389 e. The molecular formula is C13H20O. The molecule has 1 atom stereocenters. The molecule has 1 heteroatoms. The van der Waals surface area contributed by atoms with Crippen LogP contribution in [0.3, 0.4) is 0 Å². The average Bonchev–Trinajstić information content (AvgIpc) is 2.01. The molecule has 0 saturated carbocycles. The lowest BCUT2D eigenvalue weighted by Crippen LogP contribution is -2.08. The van der Waals surface area contributed by atoms with Gasteiger partial charge in [-0.25, -0.2) is 0 Å². The SMILES string of the molecule is CC(C)(C)C#CCC1=CC(O)CCC1. The van der Waals surface area contributed by atoms with E-state index in [1.54, 1.807) is 0 Å². The average molecular weight is 192 g/mol. The van der Waals surface area contributed by atoms with Crippen molar-refractivity contribution in [2.24, 2.45) is 5.41 Å². The fraction of sp³-hybridized carbons (Fsp3) is 0.692. The van der Waals surface area contributed by atoms with Crippen LogP contribution in [0.1, 0.15) is 46.5 Å². The van der Waals surface area contributed by atoms with Gasteiger partial charge >= 0.3 is 0 Å². The van der Waals surface area contributed by atoms with Crippen LogP contribution in [-0.4, -0.2) is 11.2 Å². The maximum atomic E-state index is 9.41. The third-order valence-electron chi connectivity index (χ3n) is 2.20. The Morgan fingerprint density at radius 1 is 1.50 bits per heavy atom. The molecule has 1 nitrogen and oxygen atoms in total. The third-order valence-corrected chi connectivity index (χ3v) is 2.20. The number of allylic oxidation sites excluding steroid dienone is 1. The Kier molecular flexibility index (Phi) is 3.77. The Morgan fingerprint density at radius 3 is 2.79 bits per heavy atom. The molecule has 14 heavy (non-hydrogen) atoms. The first-order chi connectivity index (χ1) is 6.47. The Morgan fingerprint density at radius 2 is 2.21 bits per heavy atom. The van der Waals surface area contributed by atoms with Gasteiger partial charge in [0.05, 0.1) is 6.10 Å². The molecular weight excluding hydrogens is 172 g/mol. The number of aliphatic hydroxyl groups is 1. The first kappa shape index (κ1) is 11.3. The molecule has 0 fully saturated rings. The summed E-state index contributed by atoms with van der Waals surface area (Å²) in [6.07, 6.45) is 5.70. The second-order valence-electron chi connectivity index (χ2n) is 5.01. The predicted molar refractivity (Wildman–Crippen MR) is 59.8 cm³/mol. The first-order valence-corrected chi connectivity index (χ1v) is 5.35. The number of hydrogen-bond donors (Lipinski definition) is 1. The van der Waals surface area contributed by atoms with E-state index in [0.717, 1.165) is 25.7 Å². The standard InChI is InChI=1S/C13H20O/c1-13(2,3)9-5-7-11-6-4-8-12(14)10-11/h10,12,14H,4,6-8H2,1-3H3. The molecule has 78 valence electrons. The molecule has 1 rings (SSSR count). The zero-order valence-electron chi connectivity index (χ0n) is 9.43. The van der Waals surface area contributed by atoms with Crippen molar-refractivity contribution in [3.05, 3.63) is 11.6 Å². The summed E-state index contributed by atoms with van der Waals surface area (Å²) in [6, 6.07) is 0. The molecule has 1 aliphatic carbocycles. The van der Waals surface area contributed by atoms with Crippen LogP contribution < -0.4 is 0 Å². The lowest BCUT2D eigenvalue weighted by molar-refractivity contribution is 0.202. The third kappa shape index (κ3) is 4.48. The molecule has 0 aromatic rings. The van der Waals surface area contributed by atoms with Gasteiger partial charge in [0.1, 0.15) is 0 Å². The van der Waals surface area contributed by atoms with Crippen LogP contribution in [0.15, 0.2) is 11.6 Å². The van der Waals surface area contributed by atoms with Crippen LogP contribution >= 0.6 is 0 Å². The summed E-state index contributed by atoms with van der Waals surface area (Å²) >= 11 is 0. The molecule has 1 aliphatic rings. The van der Waals surface area contributed by atoms with Gasteiger partial charge in [-0.2, -0.15) is 0 Å². The fourth-order valence-corrected chi connectivity index (χ4v) is 1.55. The maximum absolute atomic E-state index is 9.41. The summed E-state index contributed by atoms with van der Waals surface area (Å²) in [6.45, 7) is 6.35. The van der Waals surface area contributed by atoms with Crippen molar-refractivity contribution in [3.8, 4) is 11.8 Å².